The second-order valence-corrected chi connectivity index (χ2v) is 27.6. The van der Waals surface area contributed by atoms with Gasteiger partial charge in [-0.05, 0) is 280 Å². The van der Waals surface area contributed by atoms with Crippen LogP contribution in [0.3, 0.4) is 0 Å². The number of rotatable bonds is 15. The van der Waals surface area contributed by atoms with Crippen molar-refractivity contribution in [1.82, 2.24) is 0 Å². The first-order valence-electron chi connectivity index (χ1n) is 33.0. The molecule has 1 heteroatoms. The van der Waals surface area contributed by atoms with Gasteiger partial charge in [0.2, 0.25) is 0 Å². The molecule has 9 saturated carbocycles. The summed E-state index contributed by atoms with van der Waals surface area (Å²) in [6.07, 6.45) is 67.9. The summed E-state index contributed by atoms with van der Waals surface area (Å²) in [7, 11) is 1.89. The van der Waals surface area contributed by atoms with Crippen LogP contribution >= 0.6 is 0 Å². The van der Waals surface area contributed by atoms with E-state index in [0.717, 1.165) is 101 Å². The van der Waals surface area contributed by atoms with E-state index in [4.69, 9.17) is 4.74 Å². The lowest BCUT2D eigenvalue weighted by molar-refractivity contribution is 0.0355. The van der Waals surface area contributed by atoms with E-state index < -0.39 is 0 Å². The van der Waals surface area contributed by atoms with E-state index in [9.17, 15) is 0 Å². The lowest BCUT2D eigenvalue weighted by atomic mass is 9.65. The van der Waals surface area contributed by atoms with Crippen LogP contribution in [0.4, 0.5) is 0 Å². The van der Waals surface area contributed by atoms with Crippen LogP contribution in [-0.4, -0.2) is 13.2 Å². The van der Waals surface area contributed by atoms with Crippen molar-refractivity contribution < 1.29 is 4.74 Å². The van der Waals surface area contributed by atoms with Crippen molar-refractivity contribution in [3.63, 3.8) is 0 Å². The van der Waals surface area contributed by atoms with Crippen molar-refractivity contribution in [2.75, 3.05) is 7.11 Å². The average molecular weight is 956 g/mol. The highest BCUT2D eigenvalue weighted by atomic mass is 16.5. The first kappa shape index (κ1) is 56.4. The Kier molecular flexibility index (Phi) is 25.3. The molecule has 0 saturated heterocycles. The Balaban J connectivity index is 0.000000153. The molecule has 0 heterocycles. The minimum Gasteiger partial charge on any atom is -0.381 e. The third-order valence-electron chi connectivity index (χ3n) is 23.9. The minimum absolute atomic E-state index is 0.570. The van der Waals surface area contributed by atoms with Crippen molar-refractivity contribution in [2.45, 2.75) is 310 Å². The summed E-state index contributed by atoms with van der Waals surface area (Å²) >= 11 is 0. The molecule has 0 bridgehead atoms. The second-order valence-electron chi connectivity index (χ2n) is 27.6. The van der Waals surface area contributed by atoms with Crippen molar-refractivity contribution in [3.8, 4) is 0 Å². The number of ether oxygens (including phenoxy) is 1. The van der Waals surface area contributed by atoms with Gasteiger partial charge in [0.1, 0.15) is 0 Å². The predicted octanol–water partition coefficient (Wildman–Crippen LogP) is 21.6. The Morgan fingerprint density at radius 1 is 0.290 bits per heavy atom. The van der Waals surface area contributed by atoms with Crippen molar-refractivity contribution >= 4 is 0 Å². The van der Waals surface area contributed by atoms with Gasteiger partial charge < -0.3 is 4.74 Å². The molecule has 0 atom stereocenters. The molecule has 0 aliphatic heterocycles. The molecule has 69 heavy (non-hydrogen) atoms. The molecular weight excluding hydrogens is 833 g/mol. The van der Waals surface area contributed by atoms with Gasteiger partial charge in [0, 0.05) is 7.11 Å². The van der Waals surface area contributed by atoms with Gasteiger partial charge in [-0.15, -0.1) is 6.58 Å². The Labute approximate surface area is 433 Å². The van der Waals surface area contributed by atoms with Crippen molar-refractivity contribution in [1.29, 1.82) is 0 Å². The van der Waals surface area contributed by atoms with Gasteiger partial charge in [-0.2, -0.15) is 0 Å². The summed E-state index contributed by atoms with van der Waals surface area (Å²) < 4.78 is 5.55. The summed E-state index contributed by atoms with van der Waals surface area (Å²) in [5.74, 6) is 18.2. The zero-order chi connectivity index (χ0) is 48.2. The van der Waals surface area contributed by atoms with E-state index in [-0.39, 0.29) is 0 Å². The van der Waals surface area contributed by atoms with Gasteiger partial charge in [0.25, 0.3) is 0 Å². The lowest BCUT2D eigenvalue weighted by Gasteiger charge is -2.41. The third-order valence-corrected chi connectivity index (χ3v) is 23.9. The van der Waals surface area contributed by atoms with Crippen LogP contribution in [0.1, 0.15) is 304 Å². The topological polar surface area (TPSA) is 9.23 Å². The minimum atomic E-state index is 0.570. The molecule has 9 aliphatic rings. The molecule has 0 amide bonds. The van der Waals surface area contributed by atoms with E-state index in [1.54, 1.807) is 180 Å². The number of methoxy groups -OCH3 is 1. The second kappa shape index (κ2) is 30.9. The summed E-state index contributed by atoms with van der Waals surface area (Å²) in [6, 6.07) is 0. The summed E-state index contributed by atoms with van der Waals surface area (Å²) in [6.45, 7) is 13.5. The maximum absolute atomic E-state index is 5.55. The van der Waals surface area contributed by atoms with E-state index in [2.05, 4.69) is 40.3 Å². The van der Waals surface area contributed by atoms with Gasteiger partial charge in [0.15, 0.2) is 0 Å². The highest BCUT2D eigenvalue weighted by Gasteiger charge is 2.38. The van der Waals surface area contributed by atoms with Crippen LogP contribution in [0.25, 0.3) is 0 Å². The molecule has 9 aliphatic carbocycles. The van der Waals surface area contributed by atoms with E-state index >= 15 is 0 Å². The Hall–Kier alpha value is -0.300. The van der Waals surface area contributed by atoms with Crippen LogP contribution in [0.15, 0.2) is 12.7 Å². The third kappa shape index (κ3) is 17.6. The molecule has 0 aromatic carbocycles. The summed E-state index contributed by atoms with van der Waals surface area (Å²) in [5, 5.41) is 0. The highest BCUT2D eigenvalue weighted by molar-refractivity contribution is 4.91. The fourth-order valence-corrected chi connectivity index (χ4v) is 19.0. The highest BCUT2D eigenvalue weighted by Crippen LogP contribution is 2.50. The average Bonchev–Trinajstić information content (AvgIpc) is 3.42. The molecule has 400 valence electrons. The standard InChI is InChI=1S/C23H42.C23H40.C22H40O/c2*1-3-5-19-8-12-21(13-9-19)23-16-14-22(15-17-23)20-10-6-18(4-2)7-11-20;1-3-4-17-5-7-18(8-6-17)19-9-11-20(12-10-19)21-13-15-22(23-2)16-14-21/h18-23H,3-17H2,1-2H3;4,18-23H,2-3,5-17H2,1H3;17-22H,3-16H2,1-2H3. The summed E-state index contributed by atoms with van der Waals surface area (Å²) in [4.78, 5) is 0. The van der Waals surface area contributed by atoms with Crippen LogP contribution in [-0.2, 0) is 4.74 Å². The fourth-order valence-electron chi connectivity index (χ4n) is 19.0. The SMILES string of the molecule is C=CC1CCC(C2CCC(C3CCC(CCC)CC3)CC2)CC1.CCCC1CCC(C2CCC(C3CCC(CC)CC3)CC2)CC1.CCCC1CCC(C2CCC(C3CCC(OC)CC3)CC2)CC1. The first-order chi connectivity index (χ1) is 33.9. The summed E-state index contributed by atoms with van der Waals surface area (Å²) in [5.41, 5.74) is 0. The number of allylic oxidation sites excluding steroid dienone is 1. The number of hydrogen-bond acceptors (Lipinski definition) is 1. The molecule has 0 spiro atoms. The van der Waals surface area contributed by atoms with E-state index in [0.29, 0.717) is 6.10 Å². The normalized spacial score (nSPS) is 42.4. The zero-order valence-electron chi connectivity index (χ0n) is 47.5. The van der Waals surface area contributed by atoms with Crippen LogP contribution in [0.5, 0.6) is 0 Å². The molecule has 1 nitrogen and oxygen atoms in total. The largest absolute Gasteiger partial charge is 0.381 e. The smallest absolute Gasteiger partial charge is 0.0571 e. The Morgan fingerprint density at radius 2 is 0.493 bits per heavy atom. The van der Waals surface area contributed by atoms with Gasteiger partial charge >= 0.3 is 0 Å². The maximum Gasteiger partial charge on any atom is 0.0571 e. The lowest BCUT2D eigenvalue weighted by Crippen LogP contribution is -2.30. The van der Waals surface area contributed by atoms with Gasteiger partial charge in [0.05, 0.1) is 6.10 Å². The van der Waals surface area contributed by atoms with E-state index in [1.807, 2.05) is 7.11 Å². The molecule has 0 aromatic heterocycles. The zero-order valence-corrected chi connectivity index (χ0v) is 47.5. The van der Waals surface area contributed by atoms with Crippen LogP contribution < -0.4 is 0 Å². The van der Waals surface area contributed by atoms with Crippen molar-refractivity contribution in [3.05, 3.63) is 12.7 Å². The van der Waals surface area contributed by atoms with Crippen LogP contribution in [0.2, 0.25) is 0 Å². The first-order valence-corrected chi connectivity index (χ1v) is 33.0. The molecule has 0 radical (unpaired) electrons. The van der Waals surface area contributed by atoms with Crippen molar-refractivity contribution in [2.24, 2.45) is 101 Å². The molecular formula is C68H122O. The Morgan fingerprint density at radius 3 is 0.696 bits per heavy atom. The maximum atomic E-state index is 5.55. The van der Waals surface area contributed by atoms with Gasteiger partial charge in [-0.3, -0.25) is 0 Å². The molecule has 0 aromatic rings. The van der Waals surface area contributed by atoms with Crippen LogP contribution in [0, 0.1) is 101 Å². The fraction of sp³-hybridized carbons (Fsp3) is 0.971. The molecule has 9 rings (SSSR count). The molecule has 0 N–H and O–H groups in total. The quantitative estimate of drug-likeness (QED) is 0.149. The monoisotopic (exact) mass is 955 g/mol. The predicted molar refractivity (Wildman–Crippen MR) is 302 cm³/mol. The molecule has 0 unspecified atom stereocenters. The van der Waals surface area contributed by atoms with Gasteiger partial charge in [-0.25, -0.2) is 0 Å². The molecule has 9 fully saturated rings. The Bertz CT molecular complexity index is 1210. The number of hydrogen-bond donors (Lipinski definition) is 0. The van der Waals surface area contributed by atoms with Gasteiger partial charge in [-0.1, -0.05) is 130 Å². The van der Waals surface area contributed by atoms with E-state index in [1.165, 1.54) is 96.3 Å².